The Morgan fingerprint density at radius 3 is 2.93 bits per heavy atom. The van der Waals surface area contributed by atoms with Crippen LogP contribution in [0.5, 0.6) is 0 Å². The van der Waals surface area contributed by atoms with Crippen LogP contribution >= 0.6 is 15.9 Å². The zero-order valence-corrected chi connectivity index (χ0v) is 9.80. The van der Waals surface area contributed by atoms with Crippen molar-refractivity contribution in [1.29, 1.82) is 0 Å². The van der Waals surface area contributed by atoms with Crippen molar-refractivity contribution >= 4 is 27.5 Å². The number of carbonyl (C=O) groups is 1. The number of halogens is 1. The predicted molar refractivity (Wildman–Crippen MR) is 61.7 cm³/mol. The fourth-order valence-electron chi connectivity index (χ4n) is 1.04. The molecule has 0 spiro atoms. The van der Waals surface area contributed by atoms with Crippen LogP contribution in [-0.2, 0) is 4.79 Å². The molecule has 82 valence electrons. The van der Waals surface area contributed by atoms with Gasteiger partial charge in [0.25, 0.3) is 0 Å². The predicted octanol–water partition coefficient (Wildman–Crippen LogP) is 0.813. The average Bonchev–Trinajstić information content (AvgIpc) is 2.11. The molecule has 1 heterocycles. The van der Waals surface area contributed by atoms with Gasteiger partial charge in [-0.25, -0.2) is 0 Å². The van der Waals surface area contributed by atoms with E-state index in [0.29, 0.717) is 4.47 Å². The number of H-pyrrole nitrogens is 1. The molecule has 4 N–H and O–H groups in total. The summed E-state index contributed by atoms with van der Waals surface area (Å²) >= 11 is 3.07. The van der Waals surface area contributed by atoms with Crippen LogP contribution in [0.2, 0.25) is 0 Å². The van der Waals surface area contributed by atoms with E-state index in [9.17, 15) is 9.59 Å². The average molecular weight is 274 g/mol. The zero-order valence-electron chi connectivity index (χ0n) is 8.21. The molecular formula is C9H12BrN3O2. The third-order valence-corrected chi connectivity index (χ3v) is 2.27. The van der Waals surface area contributed by atoms with E-state index >= 15 is 0 Å². The number of pyridine rings is 1. The molecule has 0 fully saturated rings. The topological polar surface area (TPSA) is 88.0 Å². The van der Waals surface area contributed by atoms with Crippen molar-refractivity contribution in [2.45, 2.75) is 19.4 Å². The Bertz CT molecular complexity index is 414. The number of rotatable bonds is 3. The number of amides is 1. The maximum atomic E-state index is 11.5. The van der Waals surface area contributed by atoms with Gasteiger partial charge in [-0.1, -0.05) is 0 Å². The van der Waals surface area contributed by atoms with E-state index in [4.69, 9.17) is 5.73 Å². The molecule has 0 aliphatic heterocycles. The van der Waals surface area contributed by atoms with Gasteiger partial charge >= 0.3 is 0 Å². The number of carbonyl (C=O) groups excluding carboxylic acids is 1. The second-order valence-corrected chi connectivity index (χ2v) is 4.13. The molecule has 1 aromatic heterocycles. The number of aromatic amines is 1. The molecule has 0 aliphatic rings. The third-order valence-electron chi connectivity index (χ3n) is 1.68. The van der Waals surface area contributed by atoms with Crippen LogP contribution in [0.25, 0.3) is 0 Å². The summed E-state index contributed by atoms with van der Waals surface area (Å²) in [4.78, 5) is 25.5. The molecule has 0 aliphatic carbocycles. The highest BCUT2D eigenvalue weighted by atomic mass is 79.9. The number of aromatic nitrogens is 1. The van der Waals surface area contributed by atoms with Crippen LogP contribution in [0.3, 0.4) is 0 Å². The summed E-state index contributed by atoms with van der Waals surface area (Å²) in [6.07, 6.45) is 3.13. The number of anilines is 1. The van der Waals surface area contributed by atoms with Gasteiger partial charge in [0, 0.05) is 24.9 Å². The highest BCUT2D eigenvalue weighted by Gasteiger charge is 2.08. The van der Waals surface area contributed by atoms with E-state index in [1.54, 1.807) is 6.92 Å². The van der Waals surface area contributed by atoms with Gasteiger partial charge in [-0.15, -0.1) is 0 Å². The van der Waals surface area contributed by atoms with Gasteiger partial charge < -0.3 is 16.0 Å². The molecule has 15 heavy (non-hydrogen) atoms. The molecule has 0 saturated heterocycles. The summed E-state index contributed by atoms with van der Waals surface area (Å²) in [5.41, 5.74) is 5.42. The van der Waals surface area contributed by atoms with E-state index in [2.05, 4.69) is 26.2 Å². The van der Waals surface area contributed by atoms with Gasteiger partial charge in [0.15, 0.2) is 0 Å². The van der Waals surface area contributed by atoms with E-state index in [1.807, 2.05) is 0 Å². The minimum Gasteiger partial charge on any atom is -0.365 e. The minimum atomic E-state index is -0.270. The maximum absolute atomic E-state index is 11.5. The molecule has 0 radical (unpaired) electrons. The van der Waals surface area contributed by atoms with Crippen molar-refractivity contribution in [2.75, 3.05) is 5.32 Å². The van der Waals surface area contributed by atoms with Gasteiger partial charge in [0.2, 0.25) is 11.3 Å². The minimum absolute atomic E-state index is 0.186. The molecule has 0 aromatic carbocycles. The van der Waals surface area contributed by atoms with Gasteiger partial charge in [0.05, 0.1) is 4.47 Å². The van der Waals surface area contributed by atoms with Crippen LogP contribution in [-0.4, -0.2) is 16.9 Å². The second kappa shape index (κ2) is 5.09. The summed E-state index contributed by atoms with van der Waals surface area (Å²) in [6, 6.07) is -0.226. The van der Waals surface area contributed by atoms with E-state index in [-0.39, 0.29) is 29.5 Å². The molecular weight excluding hydrogens is 262 g/mol. The maximum Gasteiger partial charge on any atom is 0.226 e. The number of hydrogen-bond donors (Lipinski definition) is 3. The first-order chi connectivity index (χ1) is 7.00. The summed E-state index contributed by atoms with van der Waals surface area (Å²) in [5, 5.41) is 2.49. The fourth-order valence-corrected chi connectivity index (χ4v) is 1.39. The van der Waals surface area contributed by atoms with Crippen molar-refractivity contribution in [3.8, 4) is 0 Å². The molecule has 1 rings (SSSR count). The molecule has 0 saturated carbocycles. The van der Waals surface area contributed by atoms with Gasteiger partial charge in [0.1, 0.15) is 5.69 Å². The molecule has 6 heteroatoms. The van der Waals surface area contributed by atoms with Crippen LogP contribution < -0.4 is 16.5 Å². The zero-order chi connectivity index (χ0) is 11.4. The lowest BCUT2D eigenvalue weighted by Crippen LogP contribution is -2.26. The first kappa shape index (κ1) is 11.9. The van der Waals surface area contributed by atoms with E-state index in [1.165, 1.54) is 12.4 Å². The smallest absolute Gasteiger partial charge is 0.226 e. The SMILES string of the molecule is CC(N)CC(=O)Nc1c[nH]cc(Br)c1=O. The van der Waals surface area contributed by atoms with Gasteiger partial charge in [-0.2, -0.15) is 0 Å². The number of hydrogen-bond acceptors (Lipinski definition) is 3. The molecule has 1 atom stereocenters. The Morgan fingerprint density at radius 1 is 1.67 bits per heavy atom. The first-order valence-corrected chi connectivity index (χ1v) is 5.22. The summed E-state index contributed by atoms with van der Waals surface area (Å²) in [7, 11) is 0. The van der Waals surface area contributed by atoms with Crippen molar-refractivity contribution in [1.82, 2.24) is 4.98 Å². The van der Waals surface area contributed by atoms with Crippen molar-refractivity contribution < 1.29 is 4.79 Å². The Hall–Kier alpha value is -1.14. The van der Waals surface area contributed by atoms with Crippen LogP contribution in [0, 0.1) is 0 Å². The lowest BCUT2D eigenvalue weighted by atomic mass is 10.2. The Balaban J connectivity index is 2.77. The normalized spacial score (nSPS) is 12.2. The van der Waals surface area contributed by atoms with Crippen molar-refractivity contribution in [2.24, 2.45) is 5.73 Å². The van der Waals surface area contributed by atoms with E-state index in [0.717, 1.165) is 0 Å². The highest BCUT2D eigenvalue weighted by Crippen LogP contribution is 2.05. The number of nitrogens with one attached hydrogen (secondary N) is 2. The lowest BCUT2D eigenvalue weighted by Gasteiger charge is -2.06. The van der Waals surface area contributed by atoms with Crippen LogP contribution in [0.4, 0.5) is 5.69 Å². The van der Waals surface area contributed by atoms with Crippen LogP contribution in [0.15, 0.2) is 21.7 Å². The quantitative estimate of drug-likeness (QED) is 0.762. The summed E-state index contributed by atoms with van der Waals surface area (Å²) in [6.45, 7) is 1.73. The highest BCUT2D eigenvalue weighted by molar-refractivity contribution is 9.10. The van der Waals surface area contributed by atoms with E-state index < -0.39 is 0 Å². The Morgan fingerprint density at radius 2 is 2.33 bits per heavy atom. The fraction of sp³-hybridized carbons (Fsp3) is 0.333. The molecule has 0 bridgehead atoms. The van der Waals surface area contributed by atoms with Crippen molar-refractivity contribution in [3.05, 3.63) is 27.1 Å². The van der Waals surface area contributed by atoms with Gasteiger partial charge in [-0.3, -0.25) is 9.59 Å². The largest absolute Gasteiger partial charge is 0.365 e. The molecule has 1 aromatic rings. The number of nitrogens with two attached hydrogens (primary N) is 1. The van der Waals surface area contributed by atoms with Gasteiger partial charge in [-0.05, 0) is 22.9 Å². The monoisotopic (exact) mass is 273 g/mol. The Kier molecular flexibility index (Phi) is 4.05. The van der Waals surface area contributed by atoms with Crippen LogP contribution in [0.1, 0.15) is 13.3 Å². The first-order valence-electron chi connectivity index (χ1n) is 4.42. The Labute approximate surface area is 95.2 Å². The standard InChI is InChI=1S/C9H12BrN3O2/c1-5(11)2-8(14)13-7-4-12-3-6(10)9(7)15/h3-5H,2,11H2,1H3,(H,12,15)(H,13,14). The van der Waals surface area contributed by atoms with Crippen molar-refractivity contribution in [3.63, 3.8) is 0 Å². The lowest BCUT2D eigenvalue weighted by molar-refractivity contribution is -0.116. The third kappa shape index (κ3) is 3.49. The molecule has 1 amide bonds. The second-order valence-electron chi connectivity index (χ2n) is 3.28. The molecule has 1 unspecified atom stereocenters. The summed E-state index contributed by atoms with van der Waals surface area (Å²) in [5.74, 6) is -0.270. The summed E-state index contributed by atoms with van der Waals surface area (Å²) < 4.78 is 0.376. The molecule has 5 nitrogen and oxygen atoms in total.